The molecule has 0 aliphatic heterocycles. The lowest BCUT2D eigenvalue weighted by atomic mass is 10.00. The van der Waals surface area contributed by atoms with Gasteiger partial charge in [0, 0.05) is 47.5 Å². The summed E-state index contributed by atoms with van der Waals surface area (Å²) in [6.07, 6.45) is 0.973. The molecule has 0 saturated carbocycles. The van der Waals surface area contributed by atoms with Crippen LogP contribution in [-0.4, -0.2) is 51.1 Å². The second-order valence-corrected chi connectivity index (χ2v) is 10.9. The predicted octanol–water partition coefficient (Wildman–Crippen LogP) is 6.58. The summed E-state index contributed by atoms with van der Waals surface area (Å²) in [5, 5.41) is 3.24. The van der Waals surface area contributed by atoms with Gasteiger partial charge in [0.2, 0.25) is 5.91 Å². The predicted molar refractivity (Wildman–Crippen MR) is 176 cm³/mol. The molecule has 0 radical (unpaired) electrons. The monoisotopic (exact) mass is 608 g/mol. The molecule has 0 bridgehead atoms. The second-order valence-electron chi connectivity index (χ2n) is 10.9. The Labute approximate surface area is 264 Å². The summed E-state index contributed by atoms with van der Waals surface area (Å²) in [4.78, 5) is 40.7. The third kappa shape index (κ3) is 8.95. The first-order valence-electron chi connectivity index (χ1n) is 15.0. The molecule has 8 heteroatoms. The first kappa shape index (κ1) is 32.8. The number of ketones is 1. The van der Waals surface area contributed by atoms with Gasteiger partial charge in [-0.25, -0.2) is 4.79 Å². The molecule has 1 atom stereocenters. The van der Waals surface area contributed by atoms with Crippen molar-refractivity contribution >= 4 is 29.0 Å². The number of anilines is 2. The number of para-hydroxylation sites is 1. The number of amides is 1. The Balaban J connectivity index is 1.37. The second kappa shape index (κ2) is 16.1. The molecule has 4 aromatic rings. The van der Waals surface area contributed by atoms with Gasteiger partial charge in [-0.15, -0.1) is 0 Å². The van der Waals surface area contributed by atoms with Gasteiger partial charge in [0.25, 0.3) is 0 Å². The quantitative estimate of drug-likeness (QED) is 0.0926. The highest BCUT2D eigenvalue weighted by atomic mass is 16.5. The first-order chi connectivity index (χ1) is 21.8. The van der Waals surface area contributed by atoms with Gasteiger partial charge in [-0.05, 0) is 48.4 Å². The van der Waals surface area contributed by atoms with E-state index in [1.165, 1.54) is 7.11 Å². The summed E-state index contributed by atoms with van der Waals surface area (Å²) in [6.45, 7) is 4.69. The number of hydrogen-bond donors (Lipinski definition) is 1. The molecule has 0 aromatic heterocycles. The third-order valence-corrected chi connectivity index (χ3v) is 7.31. The Morgan fingerprint density at radius 1 is 0.800 bits per heavy atom. The molecular weight excluding hydrogens is 568 g/mol. The number of hydrogen-bond acceptors (Lipinski definition) is 7. The van der Waals surface area contributed by atoms with Crippen molar-refractivity contribution < 1.29 is 28.6 Å². The molecule has 0 aliphatic carbocycles. The minimum Gasteiger partial charge on any atom is -0.497 e. The zero-order chi connectivity index (χ0) is 32.2. The van der Waals surface area contributed by atoms with Crippen molar-refractivity contribution in [3.8, 4) is 11.5 Å². The van der Waals surface area contributed by atoms with E-state index in [0.29, 0.717) is 54.3 Å². The lowest BCUT2D eigenvalue weighted by molar-refractivity contribution is -0.141. The SMILES string of the molecule is COC(=O)[C@H](Cc1ccc(OCCCN(C(=O)C(C)C)c2cccc(OC)c2)cc1)Nc1ccccc1C(=O)c1ccccc1. The molecule has 0 aliphatic rings. The molecule has 0 spiro atoms. The number of carbonyl (C=O) groups is 3. The van der Waals surface area contributed by atoms with Crippen molar-refractivity contribution in [3.63, 3.8) is 0 Å². The Morgan fingerprint density at radius 3 is 2.20 bits per heavy atom. The van der Waals surface area contributed by atoms with E-state index in [-0.39, 0.29) is 17.6 Å². The van der Waals surface area contributed by atoms with Crippen LogP contribution in [0.1, 0.15) is 41.8 Å². The van der Waals surface area contributed by atoms with Gasteiger partial charge >= 0.3 is 5.97 Å². The van der Waals surface area contributed by atoms with Crippen LogP contribution in [0.3, 0.4) is 0 Å². The maximum absolute atomic E-state index is 13.2. The smallest absolute Gasteiger partial charge is 0.328 e. The lowest BCUT2D eigenvalue weighted by Crippen LogP contribution is -2.35. The maximum atomic E-state index is 13.2. The highest BCUT2D eigenvalue weighted by Crippen LogP contribution is 2.24. The van der Waals surface area contributed by atoms with Crippen molar-refractivity contribution in [1.29, 1.82) is 0 Å². The van der Waals surface area contributed by atoms with Gasteiger partial charge in [-0.2, -0.15) is 0 Å². The molecule has 4 aromatic carbocycles. The maximum Gasteiger partial charge on any atom is 0.328 e. The normalized spacial score (nSPS) is 11.4. The summed E-state index contributed by atoms with van der Waals surface area (Å²) < 4.78 is 16.4. The van der Waals surface area contributed by atoms with Gasteiger partial charge in [0.05, 0.1) is 20.8 Å². The van der Waals surface area contributed by atoms with E-state index in [1.54, 1.807) is 42.3 Å². The van der Waals surface area contributed by atoms with E-state index >= 15 is 0 Å². The first-order valence-corrected chi connectivity index (χ1v) is 15.0. The zero-order valence-electron chi connectivity index (χ0n) is 26.2. The average Bonchev–Trinajstić information content (AvgIpc) is 3.08. The van der Waals surface area contributed by atoms with Crippen LogP contribution in [0.15, 0.2) is 103 Å². The largest absolute Gasteiger partial charge is 0.497 e. The summed E-state index contributed by atoms with van der Waals surface area (Å²) in [5.74, 6) is 0.695. The molecule has 0 heterocycles. The Bertz CT molecular complexity index is 1570. The van der Waals surface area contributed by atoms with Gasteiger partial charge in [0.15, 0.2) is 5.78 Å². The van der Waals surface area contributed by atoms with Crippen LogP contribution in [0.2, 0.25) is 0 Å². The van der Waals surface area contributed by atoms with Crippen LogP contribution in [-0.2, 0) is 20.7 Å². The van der Waals surface area contributed by atoms with Crippen molar-refractivity contribution in [1.82, 2.24) is 0 Å². The van der Waals surface area contributed by atoms with Crippen molar-refractivity contribution in [2.24, 2.45) is 5.92 Å². The minimum absolute atomic E-state index is 0.0356. The van der Waals surface area contributed by atoms with E-state index in [1.807, 2.05) is 86.6 Å². The molecule has 0 fully saturated rings. The number of methoxy groups -OCH3 is 2. The number of rotatable bonds is 15. The number of nitrogens with one attached hydrogen (secondary N) is 1. The number of ether oxygens (including phenoxy) is 3. The Hall–Kier alpha value is -5.11. The highest BCUT2D eigenvalue weighted by molar-refractivity contribution is 6.12. The van der Waals surface area contributed by atoms with Crippen LogP contribution in [0.4, 0.5) is 11.4 Å². The lowest BCUT2D eigenvalue weighted by Gasteiger charge is -2.25. The molecule has 0 unspecified atom stereocenters. The number of carbonyl (C=O) groups excluding carboxylic acids is 3. The summed E-state index contributed by atoms with van der Waals surface area (Å²) >= 11 is 0. The van der Waals surface area contributed by atoms with Crippen LogP contribution in [0, 0.1) is 5.92 Å². The number of nitrogens with zero attached hydrogens (tertiary/aromatic N) is 1. The molecule has 8 nitrogen and oxygen atoms in total. The standard InChI is InChI=1S/C37H40N2O6/c1-26(2)36(41)39(29-14-10-15-31(25-29)43-3)22-11-23-45-30-20-18-27(19-21-30)24-34(37(42)44-4)38-33-17-9-8-16-32(33)35(40)28-12-6-5-7-13-28/h5-10,12-21,25-26,34,38H,11,22-24H2,1-4H3/t34-/m0/s1. The summed E-state index contributed by atoms with van der Waals surface area (Å²) in [5.41, 5.74) is 3.28. The molecular formula is C37H40N2O6. The molecule has 4 rings (SSSR count). The van der Waals surface area contributed by atoms with Crippen LogP contribution in [0.25, 0.3) is 0 Å². The van der Waals surface area contributed by atoms with Gasteiger partial charge in [-0.1, -0.05) is 74.5 Å². The van der Waals surface area contributed by atoms with E-state index < -0.39 is 12.0 Å². The van der Waals surface area contributed by atoms with Gasteiger partial charge in [-0.3, -0.25) is 9.59 Å². The molecule has 45 heavy (non-hydrogen) atoms. The molecule has 234 valence electrons. The van der Waals surface area contributed by atoms with Gasteiger partial charge in [0.1, 0.15) is 17.5 Å². The van der Waals surface area contributed by atoms with Crippen molar-refractivity contribution in [2.45, 2.75) is 32.7 Å². The number of esters is 1. The minimum atomic E-state index is -0.715. The van der Waals surface area contributed by atoms with E-state index in [0.717, 1.165) is 11.3 Å². The van der Waals surface area contributed by atoms with Crippen LogP contribution in [0.5, 0.6) is 11.5 Å². The van der Waals surface area contributed by atoms with Gasteiger partial charge < -0.3 is 24.4 Å². The number of benzene rings is 4. The van der Waals surface area contributed by atoms with Crippen LogP contribution < -0.4 is 19.7 Å². The molecule has 1 amide bonds. The Morgan fingerprint density at radius 2 is 1.51 bits per heavy atom. The Kier molecular flexibility index (Phi) is 11.7. The molecule has 0 saturated heterocycles. The van der Waals surface area contributed by atoms with Crippen molar-refractivity contribution in [2.75, 3.05) is 37.6 Å². The van der Waals surface area contributed by atoms with Crippen LogP contribution >= 0.6 is 0 Å². The fourth-order valence-electron chi connectivity index (χ4n) is 4.90. The highest BCUT2D eigenvalue weighted by Gasteiger charge is 2.23. The fourth-order valence-corrected chi connectivity index (χ4v) is 4.90. The fraction of sp³-hybridized carbons (Fsp3) is 0.270. The average molecular weight is 609 g/mol. The zero-order valence-corrected chi connectivity index (χ0v) is 26.2. The van der Waals surface area contributed by atoms with E-state index in [4.69, 9.17) is 14.2 Å². The topological polar surface area (TPSA) is 94.2 Å². The van der Waals surface area contributed by atoms with E-state index in [9.17, 15) is 14.4 Å². The summed E-state index contributed by atoms with van der Waals surface area (Å²) in [7, 11) is 2.95. The molecule has 1 N–H and O–H groups in total. The van der Waals surface area contributed by atoms with E-state index in [2.05, 4.69) is 5.32 Å². The third-order valence-electron chi connectivity index (χ3n) is 7.31. The van der Waals surface area contributed by atoms with Crippen molar-refractivity contribution in [3.05, 3.63) is 120 Å². The summed E-state index contributed by atoms with van der Waals surface area (Å²) in [6, 6.07) is 30.5.